The summed E-state index contributed by atoms with van der Waals surface area (Å²) in [6.45, 7) is 7.41. The van der Waals surface area contributed by atoms with Gasteiger partial charge in [-0.25, -0.2) is 0 Å². The van der Waals surface area contributed by atoms with Gasteiger partial charge >= 0.3 is 0 Å². The highest BCUT2D eigenvalue weighted by Gasteiger charge is 2.02. The number of aromatic nitrogens is 3. The van der Waals surface area contributed by atoms with Gasteiger partial charge in [0.1, 0.15) is 0 Å². The van der Waals surface area contributed by atoms with E-state index in [0.29, 0.717) is 5.92 Å². The molecule has 0 aliphatic rings. The molecule has 1 heterocycles. The van der Waals surface area contributed by atoms with Gasteiger partial charge in [-0.1, -0.05) is 26.0 Å². The minimum Gasteiger partial charge on any atom is -0.252 e. The molecule has 0 saturated heterocycles. The summed E-state index contributed by atoms with van der Waals surface area (Å²) in [6.07, 6.45) is 7.37. The molecule has 0 aliphatic carbocycles. The highest BCUT2D eigenvalue weighted by Crippen LogP contribution is 2.04. The van der Waals surface area contributed by atoms with Crippen LogP contribution in [0.15, 0.2) is 6.20 Å². The Morgan fingerprint density at radius 3 is 2.82 bits per heavy atom. The summed E-state index contributed by atoms with van der Waals surface area (Å²) in [5, 5.41) is 8.30. The lowest BCUT2D eigenvalue weighted by Gasteiger charge is -2.01. The molecule has 0 fully saturated rings. The largest absolute Gasteiger partial charge is 0.252 e. The molecule has 0 amide bonds. The van der Waals surface area contributed by atoms with Crippen LogP contribution in [0.1, 0.15) is 52.1 Å². The lowest BCUT2D eigenvalue weighted by molar-refractivity contribution is 0.472. The van der Waals surface area contributed by atoms with E-state index in [-0.39, 0.29) is 0 Å². The molecule has 3 nitrogen and oxygen atoms in total. The van der Waals surface area contributed by atoms with Crippen LogP contribution in [0, 0.1) is 17.8 Å². The molecule has 1 rings (SSSR count). The molecule has 17 heavy (non-hydrogen) atoms. The molecular weight excluding hydrogens is 210 g/mol. The van der Waals surface area contributed by atoms with Crippen LogP contribution in [-0.2, 0) is 13.0 Å². The third-order valence-corrected chi connectivity index (χ3v) is 2.42. The zero-order valence-electron chi connectivity index (χ0n) is 11.2. The lowest BCUT2D eigenvalue weighted by Crippen LogP contribution is -2.04. The van der Waals surface area contributed by atoms with Gasteiger partial charge in [-0.2, -0.15) is 0 Å². The number of hydrogen-bond acceptors (Lipinski definition) is 2. The van der Waals surface area contributed by atoms with Crippen molar-refractivity contribution in [2.75, 3.05) is 0 Å². The smallest absolute Gasteiger partial charge is 0.0827 e. The maximum atomic E-state index is 4.18. The summed E-state index contributed by atoms with van der Waals surface area (Å²) >= 11 is 0. The summed E-state index contributed by atoms with van der Waals surface area (Å²) in [5.41, 5.74) is 1.11. The number of nitrogens with zero attached hydrogens (tertiary/aromatic N) is 3. The fraction of sp³-hybridized carbons (Fsp3) is 0.714. The topological polar surface area (TPSA) is 30.7 Å². The zero-order chi connectivity index (χ0) is 12.5. The molecule has 0 unspecified atom stereocenters. The first-order chi connectivity index (χ1) is 8.22. The van der Waals surface area contributed by atoms with E-state index in [1.165, 1.54) is 0 Å². The van der Waals surface area contributed by atoms with Gasteiger partial charge < -0.3 is 0 Å². The predicted molar refractivity (Wildman–Crippen MR) is 70.5 cm³/mol. The maximum Gasteiger partial charge on any atom is 0.0827 e. The second-order valence-electron chi connectivity index (χ2n) is 4.74. The average molecular weight is 233 g/mol. The van der Waals surface area contributed by atoms with E-state index in [4.69, 9.17) is 0 Å². The summed E-state index contributed by atoms with van der Waals surface area (Å²) < 4.78 is 1.94. The fourth-order valence-corrected chi connectivity index (χ4v) is 1.65. The molecule has 0 spiro atoms. The molecule has 94 valence electrons. The molecule has 1 aromatic rings. The van der Waals surface area contributed by atoms with Crippen molar-refractivity contribution in [2.45, 2.75) is 59.4 Å². The Hall–Kier alpha value is -1.30. The number of hydrogen-bond donors (Lipinski definition) is 0. The third kappa shape index (κ3) is 6.11. The van der Waals surface area contributed by atoms with Crippen LogP contribution in [0.2, 0.25) is 0 Å². The molecule has 0 aliphatic heterocycles. The summed E-state index contributed by atoms with van der Waals surface area (Å²) in [4.78, 5) is 0. The Morgan fingerprint density at radius 2 is 2.12 bits per heavy atom. The van der Waals surface area contributed by atoms with Crippen LogP contribution in [-0.4, -0.2) is 15.0 Å². The quantitative estimate of drug-likeness (QED) is 0.558. The maximum absolute atomic E-state index is 4.18. The molecule has 0 bridgehead atoms. The third-order valence-electron chi connectivity index (χ3n) is 2.42. The van der Waals surface area contributed by atoms with Gasteiger partial charge in [-0.05, 0) is 25.2 Å². The van der Waals surface area contributed by atoms with E-state index in [1.807, 2.05) is 4.68 Å². The van der Waals surface area contributed by atoms with E-state index < -0.39 is 0 Å². The van der Waals surface area contributed by atoms with Crippen molar-refractivity contribution in [2.24, 2.45) is 5.92 Å². The molecule has 0 radical (unpaired) electrons. The number of unbranched alkanes of at least 4 members (excludes halogenated alkanes) is 2. The van der Waals surface area contributed by atoms with Crippen molar-refractivity contribution in [3.63, 3.8) is 0 Å². The van der Waals surface area contributed by atoms with Crippen LogP contribution in [0.25, 0.3) is 0 Å². The second-order valence-corrected chi connectivity index (χ2v) is 4.74. The predicted octanol–water partition coefficient (Wildman–Crippen LogP) is 3.06. The standard InChI is InChI=1S/C14H23N3/c1-4-5-6-7-8-9-10-14-12-17(16-15-14)11-13(2)3/h12-13H,4,7-11H2,1-3H3. The van der Waals surface area contributed by atoms with Crippen LogP contribution in [0.4, 0.5) is 0 Å². The highest BCUT2D eigenvalue weighted by atomic mass is 15.4. The normalized spacial score (nSPS) is 10.4. The van der Waals surface area contributed by atoms with E-state index >= 15 is 0 Å². The summed E-state index contributed by atoms with van der Waals surface area (Å²) in [7, 11) is 0. The zero-order valence-corrected chi connectivity index (χ0v) is 11.2. The van der Waals surface area contributed by atoms with E-state index in [2.05, 4.69) is 49.1 Å². The van der Waals surface area contributed by atoms with Crippen LogP contribution in [0.5, 0.6) is 0 Å². The Labute approximate surface area is 105 Å². The van der Waals surface area contributed by atoms with Crippen LogP contribution < -0.4 is 0 Å². The van der Waals surface area contributed by atoms with Gasteiger partial charge in [0.15, 0.2) is 0 Å². The summed E-state index contributed by atoms with van der Waals surface area (Å²) in [5.74, 6) is 6.87. The van der Waals surface area contributed by atoms with E-state index in [9.17, 15) is 0 Å². The Balaban J connectivity index is 2.21. The highest BCUT2D eigenvalue weighted by molar-refractivity contribution is 4.98. The van der Waals surface area contributed by atoms with Crippen LogP contribution in [0.3, 0.4) is 0 Å². The first-order valence-electron chi connectivity index (χ1n) is 6.57. The van der Waals surface area contributed by atoms with E-state index in [0.717, 1.165) is 44.3 Å². The Bertz CT molecular complexity index is 368. The van der Waals surface area contributed by atoms with Crippen molar-refractivity contribution >= 4 is 0 Å². The molecule has 0 aromatic carbocycles. The SMILES string of the molecule is CCC#CCCCCc1cn(CC(C)C)nn1. The molecule has 0 saturated carbocycles. The number of rotatable bonds is 6. The van der Waals surface area contributed by atoms with Gasteiger partial charge in [0.2, 0.25) is 0 Å². The van der Waals surface area contributed by atoms with Crippen molar-refractivity contribution in [3.8, 4) is 11.8 Å². The number of aryl methyl sites for hydroxylation is 1. The first-order valence-corrected chi connectivity index (χ1v) is 6.57. The average Bonchev–Trinajstić information content (AvgIpc) is 2.70. The van der Waals surface area contributed by atoms with E-state index in [1.54, 1.807) is 0 Å². The van der Waals surface area contributed by atoms with Crippen molar-refractivity contribution in [1.82, 2.24) is 15.0 Å². The molecule has 3 heteroatoms. The monoisotopic (exact) mass is 233 g/mol. The van der Waals surface area contributed by atoms with Crippen LogP contribution >= 0.6 is 0 Å². The fourth-order valence-electron chi connectivity index (χ4n) is 1.65. The molecular formula is C14H23N3. The van der Waals surface area contributed by atoms with Gasteiger partial charge in [0, 0.05) is 25.6 Å². The van der Waals surface area contributed by atoms with Crippen molar-refractivity contribution in [3.05, 3.63) is 11.9 Å². The molecule has 0 atom stereocenters. The van der Waals surface area contributed by atoms with Gasteiger partial charge in [0.05, 0.1) is 5.69 Å². The minimum absolute atomic E-state index is 0.619. The van der Waals surface area contributed by atoms with Gasteiger partial charge in [0.25, 0.3) is 0 Å². The minimum atomic E-state index is 0.619. The lowest BCUT2D eigenvalue weighted by atomic mass is 10.1. The summed E-state index contributed by atoms with van der Waals surface area (Å²) in [6, 6.07) is 0. The Morgan fingerprint density at radius 1 is 1.29 bits per heavy atom. The first kappa shape index (κ1) is 13.8. The Kier molecular flexibility index (Phi) is 6.39. The molecule has 0 N–H and O–H groups in total. The van der Waals surface area contributed by atoms with Crippen molar-refractivity contribution < 1.29 is 0 Å². The second kappa shape index (κ2) is 7.89. The van der Waals surface area contributed by atoms with Gasteiger partial charge in [-0.15, -0.1) is 16.9 Å². The van der Waals surface area contributed by atoms with Crippen molar-refractivity contribution in [1.29, 1.82) is 0 Å². The molecule has 1 aromatic heterocycles. The van der Waals surface area contributed by atoms with Gasteiger partial charge in [-0.3, -0.25) is 4.68 Å².